The molecule has 0 aromatic carbocycles. The minimum Gasteiger partial charge on any atom is -0.266 e. The highest BCUT2D eigenvalue weighted by molar-refractivity contribution is 7.92. The lowest BCUT2D eigenvalue weighted by Crippen LogP contribution is -2.01. The molecule has 4 nitrogen and oxygen atoms in total. The molecule has 0 unspecified atom stereocenters. The Balaban J connectivity index is 3.14. The maximum atomic E-state index is 11.4. The fourth-order valence-corrected chi connectivity index (χ4v) is 1.57. The van der Waals surface area contributed by atoms with Gasteiger partial charge >= 0.3 is 0 Å². The number of carbonyl (C=O) groups excluding carboxylic acids is 1. The van der Waals surface area contributed by atoms with Crippen LogP contribution in [0.3, 0.4) is 0 Å². The van der Waals surface area contributed by atoms with Crippen LogP contribution in [0.15, 0.2) is 16.6 Å². The van der Waals surface area contributed by atoms with Gasteiger partial charge in [-0.2, -0.15) is 4.36 Å². The van der Waals surface area contributed by atoms with Crippen LogP contribution >= 0.6 is 23.2 Å². The molecule has 0 saturated carbocycles. The maximum absolute atomic E-state index is 11.4. The molecule has 82 valence electrons. The van der Waals surface area contributed by atoms with Crippen molar-refractivity contribution in [2.75, 3.05) is 12.5 Å². The molecule has 7 heteroatoms. The van der Waals surface area contributed by atoms with Gasteiger partial charge in [0.1, 0.15) is 5.15 Å². The predicted molar refractivity (Wildman–Crippen MR) is 61.0 cm³/mol. The molecule has 1 heterocycles. The quantitative estimate of drug-likeness (QED) is 0.733. The molecule has 0 bridgehead atoms. The molecule has 0 atom stereocenters. The molecule has 0 radical (unpaired) electrons. The molecule has 0 aliphatic rings. The normalized spacial score (nSPS) is 11.2. The Morgan fingerprint density at radius 3 is 2.53 bits per heavy atom. The van der Waals surface area contributed by atoms with E-state index in [4.69, 9.17) is 23.2 Å². The fourth-order valence-electron chi connectivity index (χ4n) is 0.791. The highest BCUT2D eigenvalue weighted by Crippen LogP contribution is 2.20. The lowest BCUT2D eigenvalue weighted by Gasteiger charge is -1.98. The highest BCUT2D eigenvalue weighted by atomic mass is 35.5. The molecular formula is C8H8Cl2N2O2S. The van der Waals surface area contributed by atoms with Gasteiger partial charge in [0.05, 0.1) is 10.6 Å². The van der Waals surface area contributed by atoms with Crippen molar-refractivity contribution in [3.05, 3.63) is 28.0 Å². The van der Waals surface area contributed by atoms with Gasteiger partial charge in [0.2, 0.25) is 0 Å². The van der Waals surface area contributed by atoms with E-state index in [0.29, 0.717) is 0 Å². The van der Waals surface area contributed by atoms with Gasteiger partial charge in [-0.1, -0.05) is 23.2 Å². The first kappa shape index (κ1) is 12.4. The summed E-state index contributed by atoms with van der Waals surface area (Å²) >= 11 is 11.2. The van der Waals surface area contributed by atoms with Crippen molar-refractivity contribution in [3.63, 3.8) is 0 Å². The van der Waals surface area contributed by atoms with E-state index in [-0.39, 0.29) is 15.7 Å². The van der Waals surface area contributed by atoms with E-state index >= 15 is 0 Å². The van der Waals surface area contributed by atoms with Crippen molar-refractivity contribution < 1.29 is 9.00 Å². The summed E-state index contributed by atoms with van der Waals surface area (Å²) in [7, 11) is -2.47. The standard InChI is InChI=1S/C8H8Cl2N2O2S/c1-15(2,14)12-8(13)5-3-6(9)7(10)11-4-5/h3-4H,1-2H3. The number of hydrogen-bond acceptors (Lipinski definition) is 3. The minimum atomic E-state index is -2.47. The highest BCUT2D eigenvalue weighted by Gasteiger charge is 2.09. The van der Waals surface area contributed by atoms with Gasteiger partial charge in [0.25, 0.3) is 5.91 Å². The third-order valence-electron chi connectivity index (χ3n) is 1.35. The summed E-state index contributed by atoms with van der Waals surface area (Å²) in [4.78, 5) is 15.1. The molecule has 0 aliphatic carbocycles. The van der Waals surface area contributed by atoms with Crippen molar-refractivity contribution in [2.24, 2.45) is 4.36 Å². The fraction of sp³-hybridized carbons (Fsp3) is 0.250. The average molecular weight is 267 g/mol. The number of halogens is 2. The molecule has 0 spiro atoms. The van der Waals surface area contributed by atoms with Crippen LogP contribution in [0.4, 0.5) is 0 Å². The maximum Gasteiger partial charge on any atom is 0.286 e. The van der Waals surface area contributed by atoms with E-state index in [0.717, 1.165) is 0 Å². The SMILES string of the molecule is CS(C)(=O)=NC(=O)c1cnc(Cl)c(Cl)c1. The predicted octanol–water partition coefficient (Wildman–Crippen LogP) is 2.26. The number of carbonyl (C=O) groups is 1. The van der Waals surface area contributed by atoms with Gasteiger partial charge in [-0.15, -0.1) is 0 Å². The molecule has 1 aromatic rings. The molecular weight excluding hydrogens is 259 g/mol. The Hall–Kier alpha value is -0.650. The lowest BCUT2D eigenvalue weighted by atomic mass is 10.3. The summed E-state index contributed by atoms with van der Waals surface area (Å²) in [5, 5.41) is 0.276. The number of rotatable bonds is 1. The van der Waals surface area contributed by atoms with Gasteiger partial charge < -0.3 is 0 Å². The largest absolute Gasteiger partial charge is 0.286 e. The second-order valence-electron chi connectivity index (χ2n) is 3.07. The first-order valence-electron chi connectivity index (χ1n) is 3.82. The third kappa shape index (κ3) is 3.77. The van der Waals surface area contributed by atoms with Crippen LogP contribution in [0.2, 0.25) is 10.2 Å². The monoisotopic (exact) mass is 266 g/mol. The Labute approximate surface area is 97.8 Å². The smallest absolute Gasteiger partial charge is 0.266 e. The zero-order valence-corrected chi connectivity index (χ0v) is 10.4. The van der Waals surface area contributed by atoms with Crippen LogP contribution in [0, 0.1) is 0 Å². The number of hydrogen-bond donors (Lipinski definition) is 0. The van der Waals surface area contributed by atoms with E-state index in [1.54, 1.807) is 0 Å². The molecule has 0 fully saturated rings. The summed E-state index contributed by atoms with van der Waals surface area (Å²) in [6.45, 7) is 0. The zero-order chi connectivity index (χ0) is 11.6. The van der Waals surface area contributed by atoms with Crippen molar-refractivity contribution >= 4 is 38.8 Å². The third-order valence-corrected chi connectivity index (χ3v) is 2.64. The van der Waals surface area contributed by atoms with Crippen LogP contribution in [0.25, 0.3) is 0 Å². The summed E-state index contributed by atoms with van der Waals surface area (Å²) < 4.78 is 14.8. The van der Waals surface area contributed by atoms with E-state index in [9.17, 15) is 9.00 Å². The number of pyridine rings is 1. The summed E-state index contributed by atoms with van der Waals surface area (Å²) in [5.74, 6) is -0.615. The Kier molecular flexibility index (Phi) is 3.70. The van der Waals surface area contributed by atoms with Crippen LogP contribution in [0.1, 0.15) is 10.4 Å². The molecule has 1 amide bonds. The van der Waals surface area contributed by atoms with Gasteiger partial charge in [0, 0.05) is 28.4 Å². The molecule has 0 aliphatic heterocycles. The van der Waals surface area contributed by atoms with Gasteiger partial charge in [-0.05, 0) is 6.07 Å². The second-order valence-corrected chi connectivity index (χ2v) is 6.38. The zero-order valence-electron chi connectivity index (χ0n) is 8.03. The van der Waals surface area contributed by atoms with Crippen molar-refractivity contribution in [3.8, 4) is 0 Å². The molecule has 1 aromatic heterocycles. The summed E-state index contributed by atoms with van der Waals surface area (Å²) in [6, 6.07) is 1.34. The summed E-state index contributed by atoms with van der Waals surface area (Å²) in [6.07, 6.45) is 3.98. The van der Waals surface area contributed by atoms with E-state index in [2.05, 4.69) is 9.35 Å². The van der Waals surface area contributed by atoms with Crippen LogP contribution in [-0.2, 0) is 9.73 Å². The average Bonchev–Trinajstić information content (AvgIpc) is 2.06. The van der Waals surface area contributed by atoms with Crippen LogP contribution in [-0.4, -0.2) is 27.6 Å². The van der Waals surface area contributed by atoms with Gasteiger partial charge in [-0.3, -0.25) is 4.79 Å². The van der Waals surface area contributed by atoms with Crippen molar-refractivity contribution in [1.29, 1.82) is 0 Å². The number of nitrogens with zero attached hydrogens (tertiary/aromatic N) is 2. The van der Waals surface area contributed by atoms with Crippen molar-refractivity contribution in [1.82, 2.24) is 4.98 Å². The Morgan fingerprint density at radius 2 is 2.07 bits per heavy atom. The van der Waals surface area contributed by atoms with E-state index < -0.39 is 15.6 Å². The molecule has 15 heavy (non-hydrogen) atoms. The molecule has 0 N–H and O–H groups in total. The first-order chi connectivity index (χ1) is 6.79. The minimum absolute atomic E-state index is 0.113. The Bertz CT molecular complexity index is 513. The molecule has 0 saturated heterocycles. The molecule has 1 rings (SSSR count). The van der Waals surface area contributed by atoms with Crippen molar-refractivity contribution in [2.45, 2.75) is 0 Å². The van der Waals surface area contributed by atoms with Crippen LogP contribution in [0.5, 0.6) is 0 Å². The van der Waals surface area contributed by atoms with E-state index in [1.807, 2.05) is 0 Å². The number of aromatic nitrogens is 1. The Morgan fingerprint density at radius 1 is 1.47 bits per heavy atom. The summed E-state index contributed by atoms with van der Waals surface area (Å²) in [5.41, 5.74) is 0.167. The second kappa shape index (κ2) is 4.47. The lowest BCUT2D eigenvalue weighted by molar-refractivity contribution is 0.100. The number of amides is 1. The topological polar surface area (TPSA) is 59.4 Å². The van der Waals surface area contributed by atoms with Gasteiger partial charge in [-0.25, -0.2) is 9.19 Å². The van der Waals surface area contributed by atoms with E-state index in [1.165, 1.54) is 24.8 Å². The van der Waals surface area contributed by atoms with Crippen LogP contribution < -0.4 is 0 Å². The van der Waals surface area contributed by atoms with Gasteiger partial charge in [0.15, 0.2) is 0 Å². The first-order valence-corrected chi connectivity index (χ1v) is 6.91.